The molecule has 352 valence electrons. The average molecular weight is 861 g/mol. The van der Waals surface area contributed by atoms with Crippen molar-refractivity contribution in [1.82, 2.24) is 0 Å². The summed E-state index contributed by atoms with van der Waals surface area (Å²) in [6.45, 7) is 6.40. The Bertz CT molecular complexity index is 1260. The maximum atomic E-state index is 12.8. The number of esters is 3. The van der Waals surface area contributed by atoms with Gasteiger partial charge in [0.2, 0.25) is 0 Å². The highest BCUT2D eigenvalue weighted by atomic mass is 16.6. The summed E-state index contributed by atoms with van der Waals surface area (Å²) >= 11 is 0. The second-order valence-electron chi connectivity index (χ2n) is 16.3. The molecule has 0 aromatic rings. The van der Waals surface area contributed by atoms with Crippen molar-refractivity contribution in [3.05, 3.63) is 97.2 Å². The first-order chi connectivity index (χ1) is 30.5. The summed E-state index contributed by atoms with van der Waals surface area (Å²) in [5.41, 5.74) is 0. The predicted molar refractivity (Wildman–Crippen MR) is 265 cm³/mol. The minimum Gasteiger partial charge on any atom is -0.462 e. The molecule has 1 atom stereocenters. The van der Waals surface area contributed by atoms with Crippen LogP contribution in [0.4, 0.5) is 0 Å². The van der Waals surface area contributed by atoms with Gasteiger partial charge in [-0.05, 0) is 96.3 Å². The molecule has 0 fully saturated rings. The first kappa shape index (κ1) is 58.3. The number of hydrogen-bond donors (Lipinski definition) is 0. The van der Waals surface area contributed by atoms with Crippen LogP contribution in [0.25, 0.3) is 0 Å². The molecular weight excluding hydrogens is 769 g/mol. The van der Waals surface area contributed by atoms with E-state index in [2.05, 4.69) is 118 Å². The second-order valence-corrected chi connectivity index (χ2v) is 16.3. The number of hydrogen-bond acceptors (Lipinski definition) is 6. The Labute approximate surface area is 381 Å². The lowest BCUT2D eigenvalue weighted by atomic mass is 10.1. The van der Waals surface area contributed by atoms with E-state index in [9.17, 15) is 14.4 Å². The zero-order valence-corrected chi connectivity index (χ0v) is 40.1. The fourth-order valence-corrected chi connectivity index (χ4v) is 6.54. The van der Waals surface area contributed by atoms with Crippen LogP contribution in [0.2, 0.25) is 0 Å². The molecule has 6 heteroatoms. The second kappa shape index (κ2) is 50.0. The van der Waals surface area contributed by atoms with E-state index in [1.807, 2.05) is 0 Å². The van der Waals surface area contributed by atoms with Gasteiger partial charge in [0.1, 0.15) is 13.2 Å². The summed E-state index contributed by atoms with van der Waals surface area (Å²) in [7, 11) is 0. The molecule has 0 rings (SSSR count). The molecule has 0 aromatic heterocycles. The summed E-state index contributed by atoms with van der Waals surface area (Å²) in [5, 5.41) is 0. The van der Waals surface area contributed by atoms with E-state index in [-0.39, 0.29) is 44.0 Å². The summed E-state index contributed by atoms with van der Waals surface area (Å²) < 4.78 is 16.7. The predicted octanol–water partition coefficient (Wildman–Crippen LogP) is 16.6. The molecule has 0 aliphatic heterocycles. The van der Waals surface area contributed by atoms with E-state index in [1.54, 1.807) is 0 Å². The first-order valence-corrected chi connectivity index (χ1v) is 25.2. The number of carbonyl (C=O) groups excluding carboxylic acids is 3. The zero-order valence-electron chi connectivity index (χ0n) is 40.1. The Hall–Kier alpha value is -3.67. The Morgan fingerprint density at radius 3 is 1.08 bits per heavy atom. The van der Waals surface area contributed by atoms with Gasteiger partial charge >= 0.3 is 17.9 Å². The van der Waals surface area contributed by atoms with Crippen molar-refractivity contribution < 1.29 is 28.6 Å². The molecule has 0 heterocycles. The molecule has 6 nitrogen and oxygen atoms in total. The molecule has 0 aliphatic carbocycles. The van der Waals surface area contributed by atoms with Gasteiger partial charge in [0.15, 0.2) is 6.10 Å². The maximum Gasteiger partial charge on any atom is 0.306 e. The molecule has 0 aliphatic rings. The molecule has 0 saturated carbocycles. The average Bonchev–Trinajstić information content (AvgIpc) is 3.27. The molecule has 0 radical (unpaired) electrons. The summed E-state index contributed by atoms with van der Waals surface area (Å²) in [5.74, 6) is -1.00. The SMILES string of the molecule is CC/C=C\C/C=C\C/C=C\C/C=C\CCCCCC(=O)OC(COC(=O)CCC/C=C\C/C=C\C/C=C\C/C=C\CCCCC)COC(=O)CCCCCCCCCCCCC. The monoisotopic (exact) mass is 861 g/mol. The van der Waals surface area contributed by atoms with Gasteiger partial charge in [0, 0.05) is 19.3 Å². The Morgan fingerprint density at radius 2 is 0.645 bits per heavy atom. The fourth-order valence-electron chi connectivity index (χ4n) is 6.54. The number of unbranched alkanes of at least 4 members (excludes halogenated alkanes) is 17. The number of rotatable bonds is 44. The Kier molecular flexibility index (Phi) is 47.0. The van der Waals surface area contributed by atoms with Crippen LogP contribution < -0.4 is 0 Å². The Balaban J connectivity index is 4.53. The normalized spacial score (nSPS) is 12.9. The topological polar surface area (TPSA) is 78.9 Å². The van der Waals surface area contributed by atoms with Crippen LogP contribution in [0.3, 0.4) is 0 Å². The van der Waals surface area contributed by atoms with Gasteiger partial charge in [-0.25, -0.2) is 0 Å². The van der Waals surface area contributed by atoms with Crippen molar-refractivity contribution in [3.63, 3.8) is 0 Å². The lowest BCUT2D eigenvalue weighted by Crippen LogP contribution is -2.30. The molecule has 0 aromatic carbocycles. The van der Waals surface area contributed by atoms with E-state index < -0.39 is 6.10 Å². The standard InChI is InChI=1S/C56H92O6/c1-4-7-10-13-16-19-22-24-26-28-30-31-34-37-40-43-46-49-55(58)61-52-53(51-60-54(57)48-45-42-39-36-33-21-18-15-12-9-6-3)62-56(59)50-47-44-41-38-35-32-29-27-25-23-20-17-14-11-8-5-2/h8,11,16-17,19-20,24-27,30-32,35,37,40,53H,4-7,9-10,12-15,18,21-23,28-29,33-34,36,38-39,41-52H2,1-3H3/b11-8-,19-16-,20-17-,26-24-,27-25-,31-30-,35-32-,40-37-. The molecule has 0 saturated heterocycles. The van der Waals surface area contributed by atoms with Crippen molar-refractivity contribution >= 4 is 17.9 Å². The van der Waals surface area contributed by atoms with E-state index in [4.69, 9.17) is 14.2 Å². The molecular formula is C56H92O6. The summed E-state index contributed by atoms with van der Waals surface area (Å²) in [4.78, 5) is 37.9. The fraction of sp³-hybridized carbons (Fsp3) is 0.661. The van der Waals surface area contributed by atoms with Gasteiger partial charge < -0.3 is 14.2 Å². The van der Waals surface area contributed by atoms with Crippen LogP contribution in [0.5, 0.6) is 0 Å². The highest BCUT2D eigenvalue weighted by Gasteiger charge is 2.19. The Morgan fingerprint density at radius 1 is 0.339 bits per heavy atom. The highest BCUT2D eigenvalue weighted by molar-refractivity contribution is 5.71. The van der Waals surface area contributed by atoms with Crippen molar-refractivity contribution in [2.24, 2.45) is 0 Å². The highest BCUT2D eigenvalue weighted by Crippen LogP contribution is 2.13. The van der Waals surface area contributed by atoms with Crippen LogP contribution in [-0.2, 0) is 28.6 Å². The third-order valence-corrected chi connectivity index (χ3v) is 10.3. The minimum atomic E-state index is -0.814. The smallest absolute Gasteiger partial charge is 0.306 e. The zero-order chi connectivity index (χ0) is 45.1. The van der Waals surface area contributed by atoms with Crippen molar-refractivity contribution in [2.75, 3.05) is 13.2 Å². The lowest BCUT2D eigenvalue weighted by molar-refractivity contribution is -0.167. The van der Waals surface area contributed by atoms with Crippen molar-refractivity contribution in [2.45, 2.75) is 226 Å². The first-order valence-electron chi connectivity index (χ1n) is 25.2. The van der Waals surface area contributed by atoms with E-state index in [1.165, 1.54) is 77.0 Å². The summed E-state index contributed by atoms with van der Waals surface area (Å²) in [6, 6.07) is 0. The largest absolute Gasteiger partial charge is 0.462 e. The van der Waals surface area contributed by atoms with Crippen LogP contribution >= 0.6 is 0 Å². The van der Waals surface area contributed by atoms with E-state index >= 15 is 0 Å². The van der Waals surface area contributed by atoms with Gasteiger partial charge in [0.05, 0.1) is 0 Å². The quantitative estimate of drug-likeness (QED) is 0.0263. The molecule has 1 unspecified atom stereocenters. The van der Waals surface area contributed by atoms with Crippen LogP contribution in [0.15, 0.2) is 97.2 Å². The molecule has 0 bridgehead atoms. The van der Waals surface area contributed by atoms with Crippen LogP contribution in [0.1, 0.15) is 220 Å². The third-order valence-electron chi connectivity index (χ3n) is 10.3. The van der Waals surface area contributed by atoms with E-state index in [0.717, 1.165) is 96.3 Å². The number of allylic oxidation sites excluding steroid dienone is 16. The maximum absolute atomic E-state index is 12.8. The van der Waals surface area contributed by atoms with Crippen molar-refractivity contribution in [3.8, 4) is 0 Å². The summed E-state index contributed by atoms with van der Waals surface area (Å²) in [6.07, 6.45) is 65.4. The number of carbonyl (C=O) groups is 3. The molecule has 0 spiro atoms. The van der Waals surface area contributed by atoms with Gasteiger partial charge in [-0.3, -0.25) is 14.4 Å². The van der Waals surface area contributed by atoms with Gasteiger partial charge in [-0.15, -0.1) is 0 Å². The van der Waals surface area contributed by atoms with Crippen LogP contribution in [0, 0.1) is 0 Å². The lowest BCUT2D eigenvalue weighted by Gasteiger charge is -2.18. The van der Waals surface area contributed by atoms with Gasteiger partial charge in [0.25, 0.3) is 0 Å². The molecule has 0 N–H and O–H groups in total. The van der Waals surface area contributed by atoms with Crippen LogP contribution in [-0.4, -0.2) is 37.2 Å². The van der Waals surface area contributed by atoms with Gasteiger partial charge in [-0.2, -0.15) is 0 Å². The molecule has 0 amide bonds. The van der Waals surface area contributed by atoms with E-state index in [0.29, 0.717) is 12.8 Å². The molecule has 62 heavy (non-hydrogen) atoms. The third kappa shape index (κ3) is 47.4. The van der Waals surface area contributed by atoms with Crippen molar-refractivity contribution in [1.29, 1.82) is 0 Å². The number of ether oxygens (including phenoxy) is 3. The minimum absolute atomic E-state index is 0.107. The van der Waals surface area contributed by atoms with Gasteiger partial charge in [-0.1, -0.05) is 201 Å².